The van der Waals surface area contributed by atoms with Crippen molar-refractivity contribution in [3.63, 3.8) is 0 Å². The fourth-order valence-electron chi connectivity index (χ4n) is 2.11. The first kappa shape index (κ1) is 11.3. The molecule has 0 saturated carbocycles. The van der Waals surface area contributed by atoms with Crippen LogP contribution in [0.1, 0.15) is 0 Å². The van der Waals surface area contributed by atoms with Crippen LogP contribution in [0.4, 0.5) is 0 Å². The molecule has 0 spiro atoms. The molecule has 92 valence electrons. The van der Waals surface area contributed by atoms with Gasteiger partial charge in [0.05, 0.1) is 25.5 Å². The molecule has 0 aliphatic rings. The minimum atomic E-state index is 0.762. The van der Waals surface area contributed by atoms with Gasteiger partial charge < -0.3 is 0 Å². The number of rotatable bonds is 1. The first-order valence-corrected chi connectivity index (χ1v) is 7.77. The van der Waals surface area contributed by atoms with Crippen LogP contribution in [0, 0.1) is 0 Å². The van der Waals surface area contributed by atoms with Gasteiger partial charge in [0.25, 0.3) is 0 Å². The van der Waals surface area contributed by atoms with Crippen molar-refractivity contribution in [1.82, 2.24) is 9.97 Å². The predicted molar refractivity (Wildman–Crippen MR) is 83.2 cm³/mol. The van der Waals surface area contributed by atoms with Gasteiger partial charge in [-0.05, 0) is 29.6 Å². The van der Waals surface area contributed by atoms with E-state index >= 15 is 0 Å². The number of aromatic nitrogens is 2. The van der Waals surface area contributed by atoms with Crippen LogP contribution in [0.5, 0.6) is 0 Å². The number of nitrogens with zero attached hydrogens (tertiary/aromatic N) is 2. The van der Waals surface area contributed by atoms with E-state index in [0.717, 1.165) is 20.8 Å². The number of fused-ring (bicyclic) bond motifs is 2. The Hall–Kier alpha value is -1.49. The van der Waals surface area contributed by atoms with Crippen molar-refractivity contribution in [2.45, 2.75) is 0 Å². The molecule has 0 aromatic carbocycles. The van der Waals surface area contributed by atoms with Crippen LogP contribution in [0.15, 0.2) is 42.0 Å². The summed E-state index contributed by atoms with van der Waals surface area (Å²) in [6.45, 7) is 0. The monoisotopic (exact) mass is 302 g/mol. The van der Waals surface area contributed by atoms with Crippen LogP contribution in [-0.2, 0) is 0 Å². The molecule has 0 fully saturated rings. The summed E-state index contributed by atoms with van der Waals surface area (Å²) in [5.74, 6) is 0. The highest BCUT2D eigenvalue weighted by molar-refractivity contribution is 7.23. The number of hydrogen-bond donors (Lipinski definition) is 0. The molecule has 4 heterocycles. The van der Waals surface area contributed by atoms with Crippen molar-refractivity contribution in [2.24, 2.45) is 0 Å². The molecule has 0 aliphatic heterocycles. The number of pyridine rings is 2. The van der Waals surface area contributed by atoms with Crippen LogP contribution in [-0.4, -0.2) is 9.97 Å². The van der Waals surface area contributed by atoms with Crippen molar-refractivity contribution in [2.75, 3.05) is 0 Å². The summed E-state index contributed by atoms with van der Waals surface area (Å²) < 4.78 is 2.26. The molecule has 5 heteroatoms. The SMILES string of the molecule is Clc1ccnc2cc(-c3ccnc4ccsc34)sc12. The molecule has 4 rings (SSSR count). The van der Waals surface area contributed by atoms with E-state index in [1.54, 1.807) is 28.9 Å². The number of hydrogen-bond acceptors (Lipinski definition) is 4. The molecule has 4 aromatic heterocycles. The molecular formula is C14H7ClN2S2. The van der Waals surface area contributed by atoms with E-state index in [4.69, 9.17) is 11.6 Å². The van der Waals surface area contributed by atoms with Gasteiger partial charge in [-0.2, -0.15) is 0 Å². The van der Waals surface area contributed by atoms with Crippen LogP contribution in [0.3, 0.4) is 0 Å². The minimum absolute atomic E-state index is 0.762. The van der Waals surface area contributed by atoms with Crippen LogP contribution < -0.4 is 0 Å². The van der Waals surface area contributed by atoms with Gasteiger partial charge in [0, 0.05) is 22.8 Å². The van der Waals surface area contributed by atoms with E-state index in [1.807, 2.05) is 18.3 Å². The second-order valence-electron chi connectivity index (χ2n) is 4.11. The lowest BCUT2D eigenvalue weighted by molar-refractivity contribution is 1.42. The standard InChI is InChI=1S/C14H7ClN2S2/c15-9-2-5-17-11-7-12(19-14(9)11)8-1-4-16-10-3-6-18-13(8)10/h1-7H. The van der Waals surface area contributed by atoms with Gasteiger partial charge in [-0.15, -0.1) is 22.7 Å². The summed E-state index contributed by atoms with van der Waals surface area (Å²) in [7, 11) is 0. The largest absolute Gasteiger partial charge is 0.255 e. The molecule has 2 nitrogen and oxygen atoms in total. The van der Waals surface area contributed by atoms with Gasteiger partial charge in [-0.25, -0.2) is 0 Å². The molecule has 0 N–H and O–H groups in total. The number of halogens is 1. The molecule has 0 aliphatic carbocycles. The van der Waals surface area contributed by atoms with E-state index < -0.39 is 0 Å². The van der Waals surface area contributed by atoms with Gasteiger partial charge in [-0.1, -0.05) is 11.6 Å². The Morgan fingerprint density at radius 3 is 2.68 bits per heavy atom. The summed E-state index contributed by atoms with van der Waals surface area (Å²) in [6.07, 6.45) is 3.60. The molecule has 0 unspecified atom stereocenters. The third-order valence-corrected chi connectivity index (χ3v) is 5.53. The second kappa shape index (κ2) is 4.27. The van der Waals surface area contributed by atoms with Crippen LogP contribution in [0.25, 0.3) is 30.9 Å². The minimum Gasteiger partial charge on any atom is -0.255 e. The molecule has 4 aromatic rings. The van der Waals surface area contributed by atoms with Gasteiger partial charge in [-0.3, -0.25) is 9.97 Å². The summed E-state index contributed by atoms with van der Waals surface area (Å²) in [5, 5.41) is 2.83. The highest BCUT2D eigenvalue weighted by Crippen LogP contribution is 2.39. The van der Waals surface area contributed by atoms with E-state index in [-0.39, 0.29) is 0 Å². The van der Waals surface area contributed by atoms with E-state index in [2.05, 4.69) is 27.5 Å². The molecule has 0 bridgehead atoms. The first-order valence-electron chi connectivity index (χ1n) is 5.69. The highest BCUT2D eigenvalue weighted by Gasteiger charge is 2.11. The zero-order valence-corrected chi connectivity index (χ0v) is 12.0. The molecule has 19 heavy (non-hydrogen) atoms. The molecule has 0 saturated heterocycles. The Kier molecular flexibility index (Phi) is 2.55. The third-order valence-electron chi connectivity index (χ3n) is 2.97. The second-order valence-corrected chi connectivity index (χ2v) is 6.49. The lowest BCUT2D eigenvalue weighted by Gasteiger charge is -1.98. The average Bonchev–Trinajstić information content (AvgIpc) is 3.05. The Morgan fingerprint density at radius 2 is 1.79 bits per heavy atom. The van der Waals surface area contributed by atoms with Gasteiger partial charge in [0.15, 0.2) is 0 Å². The molecule has 0 radical (unpaired) electrons. The third kappa shape index (κ3) is 1.75. The topological polar surface area (TPSA) is 25.8 Å². The zero-order chi connectivity index (χ0) is 12.8. The van der Waals surface area contributed by atoms with Crippen LogP contribution in [0.2, 0.25) is 5.02 Å². The quantitative estimate of drug-likeness (QED) is 0.481. The molecule has 0 atom stereocenters. The van der Waals surface area contributed by atoms with Gasteiger partial charge in [0.1, 0.15) is 0 Å². The summed E-state index contributed by atoms with van der Waals surface area (Å²) >= 11 is 9.61. The Balaban J connectivity index is 2.04. The first-order chi connectivity index (χ1) is 9.33. The van der Waals surface area contributed by atoms with Gasteiger partial charge in [0.2, 0.25) is 0 Å². The fraction of sp³-hybridized carbons (Fsp3) is 0. The summed E-state index contributed by atoms with van der Waals surface area (Å²) in [5.41, 5.74) is 3.20. The van der Waals surface area contributed by atoms with Crippen molar-refractivity contribution in [3.05, 3.63) is 47.1 Å². The van der Waals surface area contributed by atoms with E-state index in [0.29, 0.717) is 0 Å². The maximum absolute atomic E-state index is 6.22. The van der Waals surface area contributed by atoms with Crippen molar-refractivity contribution < 1.29 is 0 Å². The smallest absolute Gasteiger partial charge is 0.0831 e. The lowest BCUT2D eigenvalue weighted by atomic mass is 10.2. The highest BCUT2D eigenvalue weighted by atomic mass is 35.5. The summed E-state index contributed by atoms with van der Waals surface area (Å²) in [6, 6.07) is 8.03. The average molecular weight is 303 g/mol. The fourth-order valence-corrected chi connectivity index (χ4v) is 4.37. The predicted octanol–water partition coefficient (Wildman–Crippen LogP) is 5.23. The maximum Gasteiger partial charge on any atom is 0.0831 e. The zero-order valence-electron chi connectivity index (χ0n) is 9.63. The molecular weight excluding hydrogens is 296 g/mol. The Morgan fingerprint density at radius 1 is 0.947 bits per heavy atom. The Labute approximate surface area is 122 Å². The summed E-state index contributed by atoms with van der Waals surface area (Å²) in [4.78, 5) is 9.93. The van der Waals surface area contributed by atoms with Crippen molar-refractivity contribution >= 4 is 54.7 Å². The van der Waals surface area contributed by atoms with Crippen molar-refractivity contribution in [1.29, 1.82) is 0 Å². The maximum atomic E-state index is 6.22. The van der Waals surface area contributed by atoms with E-state index in [1.165, 1.54) is 15.1 Å². The van der Waals surface area contributed by atoms with E-state index in [9.17, 15) is 0 Å². The normalized spacial score (nSPS) is 11.4. The Bertz CT molecular complexity index is 895. The lowest BCUT2D eigenvalue weighted by Crippen LogP contribution is -1.76. The molecule has 0 amide bonds. The van der Waals surface area contributed by atoms with Crippen LogP contribution >= 0.6 is 34.3 Å². The van der Waals surface area contributed by atoms with Gasteiger partial charge >= 0.3 is 0 Å². The van der Waals surface area contributed by atoms with Crippen molar-refractivity contribution in [3.8, 4) is 10.4 Å². The number of thiophene rings is 2.